The van der Waals surface area contributed by atoms with Crippen LogP contribution < -0.4 is 5.32 Å². The third-order valence-electron chi connectivity index (χ3n) is 3.88. The highest BCUT2D eigenvalue weighted by atomic mass is 19.3. The lowest BCUT2D eigenvalue weighted by molar-refractivity contribution is 0.0781. The summed E-state index contributed by atoms with van der Waals surface area (Å²) in [5.74, 6) is -3.01. The highest BCUT2D eigenvalue weighted by molar-refractivity contribution is 5.42. The van der Waals surface area contributed by atoms with Crippen molar-refractivity contribution in [2.24, 2.45) is 5.92 Å². The maximum absolute atomic E-state index is 13.8. The molecule has 1 aliphatic carbocycles. The van der Waals surface area contributed by atoms with E-state index < -0.39 is 17.3 Å². The zero-order valence-electron chi connectivity index (χ0n) is 8.34. The predicted molar refractivity (Wildman–Crippen MR) is 54.0 cm³/mol. The molecule has 0 radical (unpaired) electrons. The molecule has 1 aliphatic heterocycles. The van der Waals surface area contributed by atoms with Gasteiger partial charge in [0.2, 0.25) is 0 Å². The highest BCUT2D eigenvalue weighted by Gasteiger charge is 2.80. The minimum absolute atomic E-state index is 0.446. The summed E-state index contributed by atoms with van der Waals surface area (Å²) in [6.07, 6.45) is 0.550. The summed E-state index contributed by atoms with van der Waals surface area (Å²) in [6, 6.07) is 9.23. The van der Waals surface area contributed by atoms with E-state index in [-0.39, 0.29) is 0 Å². The van der Waals surface area contributed by atoms with Crippen molar-refractivity contribution in [1.82, 2.24) is 5.32 Å². The molecule has 2 atom stereocenters. The molecule has 1 nitrogen and oxygen atoms in total. The molecule has 1 saturated heterocycles. The van der Waals surface area contributed by atoms with Crippen LogP contribution in [0.15, 0.2) is 30.3 Å². The molecule has 1 aromatic carbocycles. The van der Waals surface area contributed by atoms with Gasteiger partial charge in [-0.2, -0.15) is 0 Å². The van der Waals surface area contributed by atoms with Gasteiger partial charge in [-0.15, -0.1) is 0 Å². The van der Waals surface area contributed by atoms with E-state index in [9.17, 15) is 8.78 Å². The van der Waals surface area contributed by atoms with Gasteiger partial charge in [-0.1, -0.05) is 30.3 Å². The average Bonchev–Trinajstić information content (AvgIpc) is 2.80. The van der Waals surface area contributed by atoms with Crippen LogP contribution in [0.3, 0.4) is 0 Å². The monoisotopic (exact) mass is 209 g/mol. The molecule has 1 heterocycles. The zero-order chi connectivity index (χ0) is 10.5. The van der Waals surface area contributed by atoms with E-state index in [1.807, 2.05) is 30.3 Å². The molecule has 1 saturated carbocycles. The van der Waals surface area contributed by atoms with Gasteiger partial charge in [-0.05, 0) is 18.5 Å². The van der Waals surface area contributed by atoms with E-state index in [1.54, 1.807) is 0 Å². The van der Waals surface area contributed by atoms with Crippen LogP contribution in [-0.4, -0.2) is 19.0 Å². The van der Waals surface area contributed by atoms with E-state index in [4.69, 9.17) is 0 Å². The maximum Gasteiger partial charge on any atom is 0.263 e. The number of piperidine rings is 1. The Bertz CT molecular complexity index is 376. The Morgan fingerprint density at radius 2 is 1.93 bits per heavy atom. The molecule has 3 rings (SSSR count). The Morgan fingerprint density at radius 1 is 1.20 bits per heavy atom. The van der Waals surface area contributed by atoms with Crippen molar-refractivity contribution < 1.29 is 8.78 Å². The van der Waals surface area contributed by atoms with Gasteiger partial charge >= 0.3 is 0 Å². The third kappa shape index (κ3) is 0.991. The number of hydrogen-bond acceptors (Lipinski definition) is 1. The number of benzene rings is 1. The summed E-state index contributed by atoms with van der Waals surface area (Å²) >= 11 is 0. The van der Waals surface area contributed by atoms with E-state index in [1.165, 1.54) is 0 Å². The average molecular weight is 209 g/mol. The first-order valence-corrected chi connectivity index (χ1v) is 5.33. The molecule has 3 heteroatoms. The van der Waals surface area contributed by atoms with Gasteiger partial charge in [0, 0.05) is 6.54 Å². The number of halogens is 2. The highest BCUT2D eigenvalue weighted by Crippen LogP contribution is 2.69. The molecule has 15 heavy (non-hydrogen) atoms. The maximum atomic E-state index is 13.8. The molecular formula is C12H13F2N. The van der Waals surface area contributed by atoms with Gasteiger partial charge in [0.15, 0.2) is 0 Å². The molecule has 2 fully saturated rings. The number of nitrogens with one attached hydrogen (secondary N) is 1. The third-order valence-corrected chi connectivity index (χ3v) is 3.88. The first-order chi connectivity index (χ1) is 7.19. The zero-order valence-corrected chi connectivity index (χ0v) is 8.34. The summed E-state index contributed by atoms with van der Waals surface area (Å²) in [7, 11) is 0. The van der Waals surface area contributed by atoms with Crippen LogP contribution in [0, 0.1) is 5.92 Å². The first-order valence-electron chi connectivity index (χ1n) is 5.33. The van der Waals surface area contributed by atoms with Gasteiger partial charge in [0.05, 0.1) is 11.3 Å². The van der Waals surface area contributed by atoms with Crippen LogP contribution in [0.5, 0.6) is 0 Å². The van der Waals surface area contributed by atoms with Crippen LogP contribution in [0.2, 0.25) is 0 Å². The molecule has 0 bridgehead atoms. The second-order valence-corrected chi connectivity index (χ2v) is 4.47. The predicted octanol–water partition coefficient (Wildman–Crippen LogP) is 2.18. The van der Waals surface area contributed by atoms with E-state index >= 15 is 0 Å². The van der Waals surface area contributed by atoms with Crippen LogP contribution in [-0.2, 0) is 5.41 Å². The van der Waals surface area contributed by atoms with Gasteiger partial charge in [-0.3, -0.25) is 0 Å². The Hall–Kier alpha value is -0.960. The van der Waals surface area contributed by atoms with Gasteiger partial charge in [0.1, 0.15) is 0 Å². The normalized spacial score (nSPS) is 37.1. The molecular weight excluding hydrogens is 196 g/mol. The number of alkyl halides is 2. The van der Waals surface area contributed by atoms with Crippen molar-refractivity contribution in [3.05, 3.63) is 35.9 Å². The van der Waals surface area contributed by atoms with Gasteiger partial charge < -0.3 is 5.32 Å². The fraction of sp³-hybridized carbons (Fsp3) is 0.500. The van der Waals surface area contributed by atoms with Crippen molar-refractivity contribution in [2.75, 3.05) is 13.1 Å². The molecule has 0 aromatic heterocycles. The molecule has 0 spiro atoms. The van der Waals surface area contributed by atoms with Crippen LogP contribution >= 0.6 is 0 Å². The quantitative estimate of drug-likeness (QED) is 0.747. The number of fused-ring (bicyclic) bond motifs is 1. The minimum Gasteiger partial charge on any atom is -0.316 e. The van der Waals surface area contributed by atoms with Crippen molar-refractivity contribution >= 4 is 0 Å². The summed E-state index contributed by atoms with van der Waals surface area (Å²) in [5, 5.41) is 3.05. The second-order valence-electron chi connectivity index (χ2n) is 4.47. The Balaban J connectivity index is 2.04. The lowest BCUT2D eigenvalue weighted by atomic mass is 9.87. The molecule has 0 amide bonds. The van der Waals surface area contributed by atoms with E-state index in [0.29, 0.717) is 19.5 Å². The molecule has 80 valence electrons. The standard InChI is InChI=1S/C12H13F2N/c13-12(14)10-8-15-7-6-11(10,12)9-4-2-1-3-5-9/h1-5,10,15H,6-8H2. The summed E-state index contributed by atoms with van der Waals surface area (Å²) in [6.45, 7) is 1.14. The van der Waals surface area contributed by atoms with Crippen molar-refractivity contribution in [2.45, 2.75) is 17.8 Å². The molecule has 1 N–H and O–H groups in total. The second kappa shape index (κ2) is 2.79. The smallest absolute Gasteiger partial charge is 0.263 e. The first kappa shape index (κ1) is 9.28. The van der Waals surface area contributed by atoms with E-state index in [0.717, 1.165) is 5.56 Å². The van der Waals surface area contributed by atoms with Crippen molar-refractivity contribution in [3.63, 3.8) is 0 Å². The van der Waals surface area contributed by atoms with Crippen molar-refractivity contribution in [1.29, 1.82) is 0 Å². The molecule has 2 unspecified atom stereocenters. The number of rotatable bonds is 1. The lowest BCUT2D eigenvalue weighted by Gasteiger charge is -2.21. The molecule has 1 aromatic rings. The Kier molecular flexibility index (Phi) is 1.72. The minimum atomic E-state index is -2.52. The van der Waals surface area contributed by atoms with Crippen molar-refractivity contribution in [3.8, 4) is 0 Å². The summed E-state index contributed by atoms with van der Waals surface area (Å²) < 4.78 is 27.6. The Morgan fingerprint density at radius 3 is 2.60 bits per heavy atom. The van der Waals surface area contributed by atoms with E-state index in [2.05, 4.69) is 5.32 Å². The molecule has 2 aliphatic rings. The summed E-state index contributed by atoms with van der Waals surface area (Å²) in [5.41, 5.74) is -0.0547. The lowest BCUT2D eigenvalue weighted by Crippen LogP contribution is -2.31. The van der Waals surface area contributed by atoms with Gasteiger partial charge in [0.25, 0.3) is 5.92 Å². The number of hydrogen-bond donors (Lipinski definition) is 1. The fourth-order valence-electron chi connectivity index (χ4n) is 2.98. The topological polar surface area (TPSA) is 12.0 Å². The fourth-order valence-corrected chi connectivity index (χ4v) is 2.98. The van der Waals surface area contributed by atoms with Crippen LogP contribution in [0.4, 0.5) is 8.78 Å². The Labute approximate surface area is 87.5 Å². The van der Waals surface area contributed by atoms with Gasteiger partial charge in [-0.25, -0.2) is 8.78 Å². The van der Waals surface area contributed by atoms with Crippen LogP contribution in [0.25, 0.3) is 0 Å². The SMILES string of the molecule is FC1(F)C2CNCCC21c1ccccc1. The summed E-state index contributed by atoms with van der Waals surface area (Å²) in [4.78, 5) is 0. The largest absolute Gasteiger partial charge is 0.316 e. The van der Waals surface area contributed by atoms with Crippen LogP contribution in [0.1, 0.15) is 12.0 Å².